The number of nitrogens with zero attached hydrogens (tertiary/aromatic N) is 3. The second-order valence-electron chi connectivity index (χ2n) is 7.95. The number of hydrogen-bond donors (Lipinski definition) is 1. The summed E-state index contributed by atoms with van der Waals surface area (Å²) < 4.78 is 0. The van der Waals surface area contributed by atoms with Crippen molar-refractivity contribution < 1.29 is 0 Å². The summed E-state index contributed by atoms with van der Waals surface area (Å²) in [6, 6.07) is 20.7. The van der Waals surface area contributed by atoms with Crippen molar-refractivity contribution in [2.24, 2.45) is 5.73 Å². The van der Waals surface area contributed by atoms with Crippen molar-refractivity contribution in [3.05, 3.63) is 81.7 Å². The Balaban J connectivity index is 1.89. The molecule has 0 saturated heterocycles. The van der Waals surface area contributed by atoms with E-state index in [2.05, 4.69) is 45.0 Å². The zero-order chi connectivity index (χ0) is 20.1. The van der Waals surface area contributed by atoms with Gasteiger partial charge in [0.25, 0.3) is 0 Å². The minimum atomic E-state index is -0.447. The second kappa shape index (κ2) is 6.48. The van der Waals surface area contributed by atoms with Gasteiger partial charge in [-0.25, -0.2) is 0 Å². The van der Waals surface area contributed by atoms with E-state index in [-0.39, 0.29) is 5.41 Å². The first kappa shape index (κ1) is 18.2. The van der Waals surface area contributed by atoms with E-state index in [0.717, 1.165) is 21.2 Å². The molecule has 0 bridgehead atoms. The quantitative estimate of drug-likeness (QED) is 0.738. The lowest BCUT2D eigenvalue weighted by molar-refractivity contribution is 0.590. The summed E-state index contributed by atoms with van der Waals surface area (Å²) in [6.45, 7) is 6.48. The maximum Gasteiger partial charge on any atom is 0.123 e. The van der Waals surface area contributed by atoms with Crippen LogP contribution in [-0.2, 0) is 5.41 Å². The highest BCUT2D eigenvalue weighted by Crippen LogP contribution is 2.54. The van der Waals surface area contributed by atoms with Gasteiger partial charge >= 0.3 is 0 Å². The molecule has 4 nitrogen and oxygen atoms in total. The third-order valence-corrected chi connectivity index (χ3v) is 6.35. The molecule has 2 aromatic carbocycles. The lowest BCUT2D eigenvalue weighted by Gasteiger charge is -2.31. The first-order chi connectivity index (χ1) is 13.4. The standard InChI is InChI=1S/C23H20N4S/c1-23(2,3)15-10-8-14(9-11-15)20-16(12-24)21(26)27-18-6-4-5-7-19(18)28-22(27)17(20)13-25/h4-11,20H,26H2,1-3H3. The number of hydrogen-bond acceptors (Lipinski definition) is 5. The molecule has 0 amide bonds. The number of allylic oxidation sites excluding steroid dienone is 2. The number of fused-ring (bicyclic) bond motifs is 3. The fourth-order valence-electron chi connectivity index (χ4n) is 3.68. The number of nitriles is 2. The van der Waals surface area contributed by atoms with Crippen LogP contribution in [0.1, 0.15) is 37.8 Å². The monoisotopic (exact) mass is 384 g/mol. The topological polar surface area (TPSA) is 76.8 Å². The van der Waals surface area contributed by atoms with Crippen LogP contribution in [0.5, 0.6) is 0 Å². The normalized spacial score (nSPS) is 18.5. The van der Waals surface area contributed by atoms with Gasteiger partial charge in [0.2, 0.25) is 0 Å². The van der Waals surface area contributed by atoms with Crippen molar-refractivity contribution in [2.75, 3.05) is 4.90 Å². The van der Waals surface area contributed by atoms with E-state index in [1.165, 1.54) is 17.3 Å². The molecule has 4 rings (SSSR count). The number of anilines is 1. The molecular weight excluding hydrogens is 364 g/mol. The van der Waals surface area contributed by atoms with Crippen molar-refractivity contribution in [1.29, 1.82) is 10.5 Å². The van der Waals surface area contributed by atoms with Crippen LogP contribution in [0, 0.1) is 22.7 Å². The van der Waals surface area contributed by atoms with Crippen molar-refractivity contribution in [3.8, 4) is 12.1 Å². The van der Waals surface area contributed by atoms with Crippen LogP contribution >= 0.6 is 11.8 Å². The lowest BCUT2D eigenvalue weighted by atomic mass is 9.81. The molecule has 1 unspecified atom stereocenters. The molecule has 138 valence electrons. The Bertz CT molecular complexity index is 1110. The highest BCUT2D eigenvalue weighted by atomic mass is 32.2. The molecule has 0 aliphatic carbocycles. The van der Waals surface area contributed by atoms with Crippen LogP contribution < -0.4 is 10.6 Å². The molecule has 2 N–H and O–H groups in total. The van der Waals surface area contributed by atoms with Crippen molar-refractivity contribution in [2.45, 2.75) is 37.0 Å². The van der Waals surface area contributed by atoms with Gasteiger partial charge in [-0.3, -0.25) is 4.90 Å². The van der Waals surface area contributed by atoms with Gasteiger partial charge in [-0.15, -0.1) is 0 Å². The predicted molar refractivity (Wildman–Crippen MR) is 112 cm³/mol. The number of rotatable bonds is 1. The van der Waals surface area contributed by atoms with E-state index in [9.17, 15) is 10.5 Å². The van der Waals surface area contributed by atoms with Crippen molar-refractivity contribution in [1.82, 2.24) is 0 Å². The molecule has 2 aliphatic heterocycles. The van der Waals surface area contributed by atoms with Gasteiger partial charge in [0.05, 0.1) is 34.9 Å². The minimum Gasteiger partial charge on any atom is -0.384 e. The Morgan fingerprint density at radius 2 is 1.61 bits per heavy atom. The summed E-state index contributed by atoms with van der Waals surface area (Å²) in [5.41, 5.74) is 10.5. The summed E-state index contributed by atoms with van der Waals surface area (Å²) in [6.07, 6.45) is 0. The third-order valence-electron chi connectivity index (χ3n) is 5.19. The van der Waals surface area contributed by atoms with Crippen LogP contribution in [0.2, 0.25) is 0 Å². The predicted octanol–water partition coefficient (Wildman–Crippen LogP) is 5.12. The summed E-state index contributed by atoms with van der Waals surface area (Å²) in [5.74, 6) is -0.0454. The van der Waals surface area contributed by atoms with E-state index in [0.29, 0.717) is 17.0 Å². The van der Waals surface area contributed by atoms with Gasteiger partial charge in [-0.1, -0.05) is 68.9 Å². The van der Waals surface area contributed by atoms with E-state index < -0.39 is 5.92 Å². The number of thioether (sulfide) groups is 1. The number of nitrogens with two attached hydrogens (primary N) is 1. The maximum atomic E-state index is 10.0. The van der Waals surface area contributed by atoms with Gasteiger partial charge in [-0.05, 0) is 28.7 Å². The molecule has 28 heavy (non-hydrogen) atoms. The Hall–Kier alpha value is -3.15. The van der Waals surface area contributed by atoms with E-state index >= 15 is 0 Å². The lowest BCUT2D eigenvalue weighted by Crippen LogP contribution is -2.32. The van der Waals surface area contributed by atoms with Crippen LogP contribution in [-0.4, -0.2) is 0 Å². The Morgan fingerprint density at radius 3 is 2.21 bits per heavy atom. The molecule has 2 aliphatic rings. The molecule has 0 radical (unpaired) electrons. The Morgan fingerprint density at radius 1 is 0.964 bits per heavy atom. The molecule has 0 fully saturated rings. The van der Waals surface area contributed by atoms with E-state index in [1.54, 1.807) is 0 Å². The highest BCUT2D eigenvalue weighted by molar-refractivity contribution is 8.03. The van der Waals surface area contributed by atoms with Gasteiger partial charge in [0, 0.05) is 4.90 Å². The van der Waals surface area contributed by atoms with Gasteiger partial charge in [0.15, 0.2) is 0 Å². The number of benzene rings is 2. The van der Waals surface area contributed by atoms with Gasteiger partial charge < -0.3 is 5.73 Å². The van der Waals surface area contributed by atoms with Crippen LogP contribution in [0.25, 0.3) is 0 Å². The first-order valence-electron chi connectivity index (χ1n) is 9.08. The summed E-state index contributed by atoms with van der Waals surface area (Å²) in [7, 11) is 0. The van der Waals surface area contributed by atoms with Gasteiger partial charge in [-0.2, -0.15) is 10.5 Å². The molecule has 0 saturated carbocycles. The molecule has 1 atom stereocenters. The molecule has 0 aromatic heterocycles. The molecule has 5 heteroatoms. The zero-order valence-electron chi connectivity index (χ0n) is 16.0. The average Bonchev–Trinajstić information content (AvgIpc) is 3.07. The van der Waals surface area contributed by atoms with Crippen LogP contribution in [0.4, 0.5) is 5.69 Å². The average molecular weight is 385 g/mol. The van der Waals surface area contributed by atoms with Crippen LogP contribution in [0.15, 0.2) is 75.4 Å². The zero-order valence-corrected chi connectivity index (χ0v) is 16.8. The molecular formula is C23H20N4S. The third kappa shape index (κ3) is 2.68. The Labute approximate surface area is 169 Å². The molecule has 2 heterocycles. The van der Waals surface area contributed by atoms with Crippen molar-refractivity contribution >= 4 is 17.4 Å². The van der Waals surface area contributed by atoms with E-state index in [1.807, 2.05) is 41.3 Å². The second-order valence-corrected chi connectivity index (χ2v) is 8.98. The highest BCUT2D eigenvalue weighted by Gasteiger charge is 2.40. The minimum absolute atomic E-state index is 0.0360. The summed E-state index contributed by atoms with van der Waals surface area (Å²) in [5, 5.41) is 20.7. The van der Waals surface area contributed by atoms with Gasteiger partial charge in [0.1, 0.15) is 10.9 Å². The number of para-hydroxylation sites is 1. The maximum absolute atomic E-state index is 10.0. The Kier molecular flexibility index (Phi) is 4.22. The summed E-state index contributed by atoms with van der Waals surface area (Å²) >= 11 is 1.53. The largest absolute Gasteiger partial charge is 0.384 e. The smallest absolute Gasteiger partial charge is 0.123 e. The fourth-order valence-corrected chi connectivity index (χ4v) is 4.86. The van der Waals surface area contributed by atoms with Crippen LogP contribution in [0.3, 0.4) is 0 Å². The molecule has 2 aromatic rings. The first-order valence-corrected chi connectivity index (χ1v) is 9.90. The fraction of sp³-hybridized carbons (Fsp3) is 0.217. The molecule has 0 spiro atoms. The SMILES string of the molecule is CC(C)(C)c1ccc(C2C(C#N)=C(N)N3C(=C2C#N)Sc2ccccc23)cc1. The summed E-state index contributed by atoms with van der Waals surface area (Å²) in [4.78, 5) is 2.88. The van der Waals surface area contributed by atoms with E-state index in [4.69, 9.17) is 5.73 Å². The van der Waals surface area contributed by atoms with Crippen molar-refractivity contribution in [3.63, 3.8) is 0 Å².